The standard InChI is InChI=1S/C12H17NO3/c1-3-8(2)11(14)13-10-6-4-9(5-7-10)12(15)16/h4-8,12,15-16H,3H2,1-2H3,(H,13,14). The molecule has 0 saturated heterocycles. The van der Waals surface area contributed by atoms with E-state index in [1.54, 1.807) is 24.3 Å². The Morgan fingerprint density at radius 3 is 2.31 bits per heavy atom. The molecule has 0 spiro atoms. The van der Waals surface area contributed by atoms with Crippen molar-refractivity contribution in [1.29, 1.82) is 0 Å². The van der Waals surface area contributed by atoms with E-state index in [4.69, 9.17) is 10.2 Å². The third kappa shape index (κ3) is 3.32. The summed E-state index contributed by atoms with van der Waals surface area (Å²) in [5.74, 6) is -0.0529. The molecule has 0 fully saturated rings. The molecule has 0 bridgehead atoms. The van der Waals surface area contributed by atoms with Crippen LogP contribution in [0, 0.1) is 5.92 Å². The van der Waals surface area contributed by atoms with Crippen LogP contribution in [0.15, 0.2) is 24.3 Å². The number of rotatable bonds is 4. The molecule has 16 heavy (non-hydrogen) atoms. The maximum atomic E-state index is 11.6. The summed E-state index contributed by atoms with van der Waals surface area (Å²) >= 11 is 0. The predicted octanol–water partition coefficient (Wildman–Crippen LogP) is 1.65. The number of hydrogen-bond donors (Lipinski definition) is 3. The van der Waals surface area contributed by atoms with Gasteiger partial charge in [0.15, 0.2) is 6.29 Å². The van der Waals surface area contributed by atoms with Crippen molar-refractivity contribution < 1.29 is 15.0 Å². The molecular weight excluding hydrogens is 206 g/mol. The fourth-order valence-corrected chi connectivity index (χ4v) is 1.19. The van der Waals surface area contributed by atoms with Gasteiger partial charge in [0, 0.05) is 17.2 Å². The van der Waals surface area contributed by atoms with E-state index in [0.717, 1.165) is 6.42 Å². The second-order valence-electron chi connectivity index (χ2n) is 3.79. The molecule has 1 unspecified atom stereocenters. The highest BCUT2D eigenvalue weighted by Gasteiger charge is 2.10. The minimum Gasteiger partial charge on any atom is -0.364 e. The van der Waals surface area contributed by atoms with E-state index >= 15 is 0 Å². The van der Waals surface area contributed by atoms with Gasteiger partial charge >= 0.3 is 0 Å². The first-order valence-electron chi connectivity index (χ1n) is 5.31. The number of amides is 1. The van der Waals surface area contributed by atoms with E-state index in [1.165, 1.54) is 0 Å². The van der Waals surface area contributed by atoms with E-state index in [2.05, 4.69) is 5.32 Å². The van der Waals surface area contributed by atoms with Crippen LogP contribution in [0.25, 0.3) is 0 Å². The monoisotopic (exact) mass is 223 g/mol. The second-order valence-corrected chi connectivity index (χ2v) is 3.79. The first-order valence-corrected chi connectivity index (χ1v) is 5.31. The molecule has 0 aliphatic carbocycles. The van der Waals surface area contributed by atoms with Crippen LogP contribution in [0.5, 0.6) is 0 Å². The van der Waals surface area contributed by atoms with Crippen LogP contribution in [0.1, 0.15) is 32.1 Å². The van der Waals surface area contributed by atoms with E-state index in [1.807, 2.05) is 13.8 Å². The minimum absolute atomic E-state index is 0.0249. The number of anilines is 1. The van der Waals surface area contributed by atoms with Gasteiger partial charge in [0.1, 0.15) is 0 Å². The Hall–Kier alpha value is -1.39. The quantitative estimate of drug-likeness (QED) is 0.680. The summed E-state index contributed by atoms with van der Waals surface area (Å²) in [7, 11) is 0. The summed E-state index contributed by atoms with van der Waals surface area (Å²) in [5, 5.41) is 20.5. The molecule has 0 heterocycles. The van der Waals surface area contributed by atoms with Gasteiger partial charge in [-0.05, 0) is 18.6 Å². The Labute approximate surface area is 94.9 Å². The molecule has 0 aliphatic rings. The van der Waals surface area contributed by atoms with Crippen LogP contribution in [-0.4, -0.2) is 16.1 Å². The molecule has 4 heteroatoms. The van der Waals surface area contributed by atoms with Gasteiger partial charge in [0.25, 0.3) is 0 Å². The lowest BCUT2D eigenvalue weighted by Gasteiger charge is -2.10. The van der Waals surface area contributed by atoms with E-state index in [9.17, 15) is 4.79 Å². The molecule has 0 aliphatic heterocycles. The summed E-state index contributed by atoms with van der Waals surface area (Å²) in [5.41, 5.74) is 1.07. The van der Waals surface area contributed by atoms with Crippen LogP contribution in [0.4, 0.5) is 5.69 Å². The van der Waals surface area contributed by atoms with Gasteiger partial charge in [-0.2, -0.15) is 0 Å². The summed E-state index contributed by atoms with van der Waals surface area (Å²) < 4.78 is 0. The van der Waals surface area contributed by atoms with Gasteiger partial charge in [0.2, 0.25) is 5.91 Å². The van der Waals surface area contributed by atoms with Gasteiger partial charge in [-0.25, -0.2) is 0 Å². The second kappa shape index (κ2) is 5.63. The third-order valence-corrected chi connectivity index (χ3v) is 2.54. The van der Waals surface area contributed by atoms with E-state index in [-0.39, 0.29) is 11.8 Å². The van der Waals surface area contributed by atoms with Crippen LogP contribution in [-0.2, 0) is 4.79 Å². The Morgan fingerprint density at radius 2 is 1.88 bits per heavy atom. The summed E-state index contributed by atoms with van der Waals surface area (Å²) in [6.45, 7) is 3.82. The molecule has 1 amide bonds. The van der Waals surface area contributed by atoms with Gasteiger partial charge in [0.05, 0.1) is 0 Å². The van der Waals surface area contributed by atoms with E-state index < -0.39 is 6.29 Å². The number of hydrogen-bond acceptors (Lipinski definition) is 3. The zero-order valence-corrected chi connectivity index (χ0v) is 9.47. The lowest BCUT2D eigenvalue weighted by atomic mass is 10.1. The summed E-state index contributed by atoms with van der Waals surface area (Å²) in [6, 6.07) is 6.43. The predicted molar refractivity (Wildman–Crippen MR) is 61.7 cm³/mol. The summed E-state index contributed by atoms with van der Waals surface area (Å²) in [4.78, 5) is 11.6. The molecule has 0 aromatic heterocycles. The number of benzene rings is 1. The third-order valence-electron chi connectivity index (χ3n) is 2.54. The smallest absolute Gasteiger partial charge is 0.227 e. The van der Waals surface area contributed by atoms with Crippen LogP contribution < -0.4 is 5.32 Å². The van der Waals surface area contributed by atoms with Gasteiger partial charge < -0.3 is 15.5 Å². The number of carbonyl (C=O) groups is 1. The molecular formula is C12H17NO3. The Bertz CT molecular complexity index is 346. The lowest BCUT2D eigenvalue weighted by molar-refractivity contribution is -0.119. The molecule has 1 rings (SSSR count). The SMILES string of the molecule is CCC(C)C(=O)Nc1ccc(C(O)O)cc1. The highest BCUT2D eigenvalue weighted by atomic mass is 16.5. The van der Waals surface area contributed by atoms with Crippen molar-refractivity contribution >= 4 is 11.6 Å². The molecule has 1 atom stereocenters. The maximum Gasteiger partial charge on any atom is 0.227 e. The van der Waals surface area contributed by atoms with Crippen LogP contribution in [0.2, 0.25) is 0 Å². The number of carbonyl (C=O) groups excluding carboxylic acids is 1. The topological polar surface area (TPSA) is 69.6 Å². The molecule has 1 aromatic rings. The Kier molecular flexibility index (Phi) is 4.46. The van der Waals surface area contributed by atoms with Crippen molar-refractivity contribution in [3.63, 3.8) is 0 Å². The number of aliphatic hydroxyl groups excluding tert-OH is 1. The normalized spacial score (nSPS) is 12.6. The number of nitrogens with one attached hydrogen (secondary N) is 1. The maximum absolute atomic E-state index is 11.6. The fraction of sp³-hybridized carbons (Fsp3) is 0.417. The number of aliphatic hydroxyl groups is 2. The Balaban J connectivity index is 2.65. The van der Waals surface area contributed by atoms with Crippen LogP contribution >= 0.6 is 0 Å². The zero-order valence-electron chi connectivity index (χ0n) is 9.47. The first-order chi connectivity index (χ1) is 7.54. The van der Waals surface area contributed by atoms with Crippen molar-refractivity contribution in [2.45, 2.75) is 26.6 Å². The zero-order chi connectivity index (χ0) is 12.1. The molecule has 4 nitrogen and oxygen atoms in total. The van der Waals surface area contributed by atoms with Crippen molar-refractivity contribution in [3.05, 3.63) is 29.8 Å². The fourth-order valence-electron chi connectivity index (χ4n) is 1.19. The van der Waals surface area contributed by atoms with Crippen molar-refractivity contribution in [2.24, 2.45) is 5.92 Å². The largest absolute Gasteiger partial charge is 0.364 e. The van der Waals surface area contributed by atoms with Crippen molar-refractivity contribution in [3.8, 4) is 0 Å². The highest BCUT2D eigenvalue weighted by Crippen LogP contribution is 2.15. The molecule has 0 radical (unpaired) electrons. The molecule has 1 aromatic carbocycles. The summed E-state index contributed by atoms with van der Waals surface area (Å²) in [6.07, 6.45) is -0.682. The first kappa shape index (κ1) is 12.7. The minimum atomic E-state index is -1.47. The average molecular weight is 223 g/mol. The average Bonchev–Trinajstić information content (AvgIpc) is 2.28. The van der Waals surface area contributed by atoms with Gasteiger partial charge in [-0.15, -0.1) is 0 Å². The molecule has 3 N–H and O–H groups in total. The van der Waals surface area contributed by atoms with Gasteiger partial charge in [-0.1, -0.05) is 26.0 Å². The molecule has 88 valence electrons. The van der Waals surface area contributed by atoms with Gasteiger partial charge in [-0.3, -0.25) is 4.79 Å². The lowest BCUT2D eigenvalue weighted by Crippen LogP contribution is -2.19. The molecule has 0 saturated carbocycles. The van der Waals surface area contributed by atoms with E-state index in [0.29, 0.717) is 11.3 Å². The highest BCUT2D eigenvalue weighted by molar-refractivity contribution is 5.92. The Morgan fingerprint density at radius 1 is 1.31 bits per heavy atom. The van der Waals surface area contributed by atoms with Crippen LogP contribution in [0.3, 0.4) is 0 Å². The van der Waals surface area contributed by atoms with Crippen molar-refractivity contribution in [2.75, 3.05) is 5.32 Å². The van der Waals surface area contributed by atoms with Crippen molar-refractivity contribution in [1.82, 2.24) is 0 Å².